The monoisotopic (exact) mass is 353 g/mol. The van der Waals surface area contributed by atoms with Crippen LogP contribution in [0.25, 0.3) is 0 Å². The van der Waals surface area contributed by atoms with Crippen molar-refractivity contribution >= 4 is 11.7 Å². The van der Waals surface area contributed by atoms with Crippen LogP contribution in [0.4, 0.5) is 10.5 Å². The lowest BCUT2D eigenvalue weighted by Gasteiger charge is -2.30. The third-order valence-corrected chi connectivity index (χ3v) is 4.81. The predicted octanol–water partition coefficient (Wildman–Crippen LogP) is 3.43. The summed E-state index contributed by atoms with van der Waals surface area (Å²) in [6, 6.07) is 18.1. The minimum absolute atomic E-state index is 0.190. The molecule has 26 heavy (non-hydrogen) atoms. The zero-order chi connectivity index (χ0) is 18.2. The van der Waals surface area contributed by atoms with Crippen LogP contribution in [0.1, 0.15) is 18.4 Å². The molecule has 138 valence electrons. The van der Waals surface area contributed by atoms with E-state index in [4.69, 9.17) is 4.74 Å². The van der Waals surface area contributed by atoms with Crippen molar-refractivity contribution < 1.29 is 9.53 Å². The van der Waals surface area contributed by atoms with Crippen molar-refractivity contribution in [1.29, 1.82) is 0 Å². The molecule has 1 fully saturated rings. The number of rotatable bonds is 6. The molecule has 0 spiro atoms. The molecule has 3 N–H and O–H groups in total. The molecular formula is C21H27N3O2. The van der Waals surface area contributed by atoms with Crippen LogP contribution >= 0.6 is 0 Å². The van der Waals surface area contributed by atoms with Gasteiger partial charge in [0.25, 0.3) is 0 Å². The highest BCUT2D eigenvalue weighted by molar-refractivity contribution is 5.89. The normalized spacial score (nSPS) is 19.6. The van der Waals surface area contributed by atoms with Crippen LogP contribution < -0.4 is 20.7 Å². The van der Waals surface area contributed by atoms with Gasteiger partial charge in [0, 0.05) is 24.3 Å². The number of methoxy groups -OCH3 is 1. The highest BCUT2D eigenvalue weighted by atomic mass is 16.5. The van der Waals surface area contributed by atoms with Crippen molar-refractivity contribution in [2.75, 3.05) is 25.5 Å². The number of ether oxygens (including phenoxy) is 1. The Balaban J connectivity index is 1.44. The van der Waals surface area contributed by atoms with Crippen LogP contribution in [-0.4, -0.2) is 32.3 Å². The van der Waals surface area contributed by atoms with Gasteiger partial charge in [0.05, 0.1) is 7.11 Å². The van der Waals surface area contributed by atoms with Crippen LogP contribution in [0.5, 0.6) is 5.75 Å². The fourth-order valence-electron chi connectivity index (χ4n) is 3.48. The molecule has 0 radical (unpaired) electrons. The first-order chi connectivity index (χ1) is 12.7. The van der Waals surface area contributed by atoms with E-state index < -0.39 is 0 Å². The lowest BCUT2D eigenvalue weighted by molar-refractivity contribution is 0.246. The number of hydrogen-bond donors (Lipinski definition) is 3. The van der Waals surface area contributed by atoms with Crippen LogP contribution in [0, 0.1) is 5.92 Å². The molecule has 1 heterocycles. The summed E-state index contributed by atoms with van der Waals surface area (Å²) in [4.78, 5) is 12.1. The molecule has 2 amide bonds. The zero-order valence-corrected chi connectivity index (χ0v) is 15.2. The molecule has 5 nitrogen and oxygen atoms in total. The first-order valence-electron chi connectivity index (χ1n) is 9.19. The number of carbonyl (C=O) groups is 1. The van der Waals surface area contributed by atoms with Crippen molar-refractivity contribution in [2.45, 2.75) is 25.3 Å². The van der Waals surface area contributed by atoms with E-state index in [0.29, 0.717) is 18.5 Å². The lowest BCUT2D eigenvalue weighted by atomic mass is 9.87. The lowest BCUT2D eigenvalue weighted by Crippen LogP contribution is -2.47. The number of nitrogens with one attached hydrogen (secondary N) is 3. The molecule has 1 aliphatic rings. The largest absolute Gasteiger partial charge is 0.497 e. The van der Waals surface area contributed by atoms with Gasteiger partial charge in [-0.05, 0) is 49.4 Å². The third kappa shape index (κ3) is 5.49. The Hall–Kier alpha value is -2.53. The fraction of sp³-hybridized carbons (Fsp3) is 0.381. The van der Waals surface area contributed by atoms with Gasteiger partial charge in [-0.3, -0.25) is 0 Å². The second-order valence-corrected chi connectivity index (χ2v) is 6.80. The summed E-state index contributed by atoms with van der Waals surface area (Å²) in [5.74, 6) is 1.38. The smallest absolute Gasteiger partial charge is 0.319 e. The average molecular weight is 353 g/mol. The second kappa shape index (κ2) is 9.25. The van der Waals surface area contributed by atoms with E-state index in [1.165, 1.54) is 12.0 Å². The number of carbonyl (C=O) groups excluding carboxylic acids is 1. The van der Waals surface area contributed by atoms with E-state index in [0.717, 1.165) is 30.8 Å². The van der Waals surface area contributed by atoms with Crippen LogP contribution in [0.2, 0.25) is 0 Å². The van der Waals surface area contributed by atoms with Crippen LogP contribution in [-0.2, 0) is 6.42 Å². The van der Waals surface area contributed by atoms with Crippen LogP contribution in [0.3, 0.4) is 0 Å². The van der Waals surface area contributed by atoms with Gasteiger partial charge in [-0.1, -0.05) is 36.4 Å². The molecule has 1 aliphatic heterocycles. The van der Waals surface area contributed by atoms with E-state index in [9.17, 15) is 4.79 Å². The van der Waals surface area contributed by atoms with Gasteiger partial charge in [-0.15, -0.1) is 0 Å². The predicted molar refractivity (Wildman–Crippen MR) is 105 cm³/mol. The molecule has 0 bridgehead atoms. The minimum Gasteiger partial charge on any atom is -0.497 e. The number of urea groups is 1. The third-order valence-electron chi connectivity index (χ3n) is 4.81. The van der Waals surface area contributed by atoms with Gasteiger partial charge in [-0.25, -0.2) is 4.79 Å². The maximum atomic E-state index is 12.1. The van der Waals surface area contributed by atoms with Crippen molar-refractivity contribution in [3.8, 4) is 5.75 Å². The average Bonchev–Trinajstić information content (AvgIpc) is 2.68. The molecule has 0 unspecified atom stereocenters. The molecule has 3 rings (SSSR count). The number of benzene rings is 2. The number of piperidine rings is 1. The first-order valence-corrected chi connectivity index (χ1v) is 9.19. The quantitative estimate of drug-likeness (QED) is 0.746. The molecule has 2 aromatic rings. The van der Waals surface area contributed by atoms with E-state index >= 15 is 0 Å². The van der Waals surface area contributed by atoms with Crippen LogP contribution in [0.15, 0.2) is 54.6 Å². The Labute approximate surface area is 155 Å². The van der Waals surface area contributed by atoms with Gasteiger partial charge in [-0.2, -0.15) is 0 Å². The molecule has 2 atom stereocenters. The Kier molecular flexibility index (Phi) is 6.50. The summed E-state index contributed by atoms with van der Waals surface area (Å²) in [6.07, 6.45) is 3.37. The molecule has 0 aromatic heterocycles. The maximum absolute atomic E-state index is 12.1. The van der Waals surface area contributed by atoms with E-state index in [1.54, 1.807) is 13.2 Å². The second-order valence-electron chi connectivity index (χ2n) is 6.80. The number of hydrogen-bond acceptors (Lipinski definition) is 3. The standard InChI is InChI=1S/C21H27N3O2/c1-26-20-9-5-8-18(14-20)24-21(25)23-15-19-13-17(10-11-22-19)12-16-6-3-2-4-7-16/h2-9,14,17,19,22H,10-13,15H2,1H3,(H2,23,24,25)/t17-,19+/m1/s1. The van der Waals surface area contributed by atoms with E-state index in [1.807, 2.05) is 18.2 Å². The summed E-state index contributed by atoms with van der Waals surface area (Å²) in [5, 5.41) is 9.33. The Morgan fingerprint density at radius 2 is 2.04 bits per heavy atom. The van der Waals surface area contributed by atoms with Gasteiger partial charge in [0.2, 0.25) is 0 Å². The first kappa shape index (κ1) is 18.3. The Morgan fingerprint density at radius 1 is 1.19 bits per heavy atom. The zero-order valence-electron chi connectivity index (χ0n) is 15.2. The summed E-state index contributed by atoms with van der Waals surface area (Å²) >= 11 is 0. The topological polar surface area (TPSA) is 62.4 Å². The summed E-state index contributed by atoms with van der Waals surface area (Å²) in [7, 11) is 1.61. The van der Waals surface area contributed by atoms with Crippen molar-refractivity contribution in [3.63, 3.8) is 0 Å². The van der Waals surface area contributed by atoms with Gasteiger partial charge >= 0.3 is 6.03 Å². The number of anilines is 1. The van der Waals surface area contributed by atoms with Crippen molar-refractivity contribution in [3.05, 3.63) is 60.2 Å². The Morgan fingerprint density at radius 3 is 2.85 bits per heavy atom. The highest BCUT2D eigenvalue weighted by Gasteiger charge is 2.22. The SMILES string of the molecule is COc1cccc(NC(=O)NC[C@@H]2C[C@@H](Cc3ccccc3)CCN2)c1. The Bertz CT molecular complexity index is 705. The van der Waals surface area contributed by atoms with E-state index in [-0.39, 0.29) is 6.03 Å². The van der Waals surface area contributed by atoms with Gasteiger partial charge < -0.3 is 20.7 Å². The summed E-state index contributed by atoms with van der Waals surface area (Å²) in [5.41, 5.74) is 2.11. The van der Waals surface area contributed by atoms with E-state index in [2.05, 4.69) is 46.3 Å². The summed E-state index contributed by atoms with van der Waals surface area (Å²) in [6.45, 7) is 1.63. The molecule has 5 heteroatoms. The van der Waals surface area contributed by atoms with Gasteiger partial charge in [0.1, 0.15) is 5.75 Å². The number of amides is 2. The van der Waals surface area contributed by atoms with Gasteiger partial charge in [0.15, 0.2) is 0 Å². The molecule has 0 aliphatic carbocycles. The molecule has 1 saturated heterocycles. The molecule has 0 saturated carbocycles. The molecular weight excluding hydrogens is 326 g/mol. The highest BCUT2D eigenvalue weighted by Crippen LogP contribution is 2.21. The van der Waals surface area contributed by atoms with Crippen molar-refractivity contribution in [2.24, 2.45) is 5.92 Å². The summed E-state index contributed by atoms with van der Waals surface area (Å²) < 4.78 is 5.17. The maximum Gasteiger partial charge on any atom is 0.319 e. The molecule has 2 aromatic carbocycles. The fourth-order valence-corrected chi connectivity index (χ4v) is 3.48. The van der Waals surface area contributed by atoms with Crippen molar-refractivity contribution in [1.82, 2.24) is 10.6 Å². The minimum atomic E-state index is -0.190.